The first-order chi connectivity index (χ1) is 13.3. The summed E-state index contributed by atoms with van der Waals surface area (Å²) in [4.78, 5) is 11.6. The molecule has 0 aliphatic carbocycles. The molecule has 0 heterocycles. The third-order valence-corrected chi connectivity index (χ3v) is 5.19. The zero-order valence-electron chi connectivity index (χ0n) is 18.6. The van der Waals surface area contributed by atoms with E-state index in [4.69, 9.17) is 4.74 Å². The summed E-state index contributed by atoms with van der Waals surface area (Å²) in [5.74, 6) is -0.0758. The highest BCUT2D eigenvalue weighted by atomic mass is 16.5. The summed E-state index contributed by atoms with van der Waals surface area (Å²) in [6, 6.07) is 0. The van der Waals surface area contributed by atoms with E-state index in [1.165, 1.54) is 103 Å². The summed E-state index contributed by atoms with van der Waals surface area (Å²) < 4.78 is 5.27. The lowest BCUT2D eigenvalue weighted by molar-refractivity contribution is -0.142. The second-order valence-electron chi connectivity index (χ2n) is 7.99. The van der Waals surface area contributed by atoms with E-state index >= 15 is 0 Å². The van der Waals surface area contributed by atoms with Crippen LogP contribution in [0.3, 0.4) is 0 Å². The Labute approximate surface area is 170 Å². The van der Waals surface area contributed by atoms with Gasteiger partial charge in [0.15, 0.2) is 0 Å². The van der Waals surface area contributed by atoms with Crippen molar-refractivity contribution in [2.75, 3.05) is 6.61 Å². The Hall–Kier alpha value is -0.790. The fourth-order valence-electron chi connectivity index (χ4n) is 3.34. The molecule has 0 saturated carbocycles. The van der Waals surface area contributed by atoms with Crippen molar-refractivity contribution in [3.8, 4) is 0 Å². The maximum absolute atomic E-state index is 11.6. The molecule has 0 fully saturated rings. The molecule has 0 aromatic heterocycles. The van der Waals surface area contributed by atoms with E-state index in [1.807, 2.05) is 6.08 Å². The maximum Gasteiger partial charge on any atom is 0.309 e. The number of unbranched alkanes of at least 4 members (excludes halogenated alkanes) is 16. The Balaban J connectivity index is 3.14. The van der Waals surface area contributed by atoms with Gasteiger partial charge >= 0.3 is 5.97 Å². The number of hydrogen-bond acceptors (Lipinski definition) is 2. The normalized spacial score (nSPS) is 11.3. The molecule has 0 rings (SSSR count). The first-order valence-electron chi connectivity index (χ1n) is 12.1. The molecule has 160 valence electrons. The molecule has 0 saturated heterocycles. The van der Waals surface area contributed by atoms with Crippen LogP contribution in [-0.4, -0.2) is 12.6 Å². The van der Waals surface area contributed by atoms with Crippen molar-refractivity contribution in [2.45, 2.75) is 136 Å². The number of carbonyl (C=O) groups is 1. The van der Waals surface area contributed by atoms with Crippen molar-refractivity contribution < 1.29 is 9.53 Å². The van der Waals surface area contributed by atoms with E-state index in [0.717, 1.165) is 12.8 Å². The van der Waals surface area contributed by atoms with Crippen LogP contribution < -0.4 is 0 Å². The standard InChI is InChI=1S/C25H48O2/c1-3-5-7-9-10-11-12-13-14-15-16-17-18-20-22-24-27-25(26)23-21-19-8-6-4-2/h19,21H,3-18,20,22-24H2,1-2H3/b21-19+. The van der Waals surface area contributed by atoms with E-state index in [9.17, 15) is 4.79 Å². The summed E-state index contributed by atoms with van der Waals surface area (Å²) in [7, 11) is 0. The third-order valence-electron chi connectivity index (χ3n) is 5.19. The third kappa shape index (κ3) is 23.2. The quantitative estimate of drug-likeness (QED) is 0.113. The van der Waals surface area contributed by atoms with Crippen LogP contribution in [0.2, 0.25) is 0 Å². The van der Waals surface area contributed by atoms with E-state index < -0.39 is 0 Å². The molecule has 27 heavy (non-hydrogen) atoms. The van der Waals surface area contributed by atoms with E-state index in [0.29, 0.717) is 13.0 Å². The fraction of sp³-hybridized carbons (Fsp3) is 0.880. The van der Waals surface area contributed by atoms with Gasteiger partial charge < -0.3 is 4.74 Å². The second-order valence-corrected chi connectivity index (χ2v) is 7.99. The average molecular weight is 381 g/mol. The number of esters is 1. The molecule has 2 nitrogen and oxygen atoms in total. The van der Waals surface area contributed by atoms with Crippen LogP contribution >= 0.6 is 0 Å². The Morgan fingerprint density at radius 2 is 1.04 bits per heavy atom. The van der Waals surface area contributed by atoms with Crippen LogP contribution in [-0.2, 0) is 9.53 Å². The summed E-state index contributed by atoms with van der Waals surface area (Å²) in [5, 5.41) is 0. The monoisotopic (exact) mass is 380 g/mol. The van der Waals surface area contributed by atoms with Gasteiger partial charge in [-0.1, -0.05) is 129 Å². The van der Waals surface area contributed by atoms with Gasteiger partial charge in [0.1, 0.15) is 0 Å². The molecule has 0 aliphatic rings. The highest BCUT2D eigenvalue weighted by Gasteiger charge is 1.99. The lowest BCUT2D eigenvalue weighted by atomic mass is 10.0. The van der Waals surface area contributed by atoms with E-state index in [2.05, 4.69) is 19.9 Å². The number of allylic oxidation sites excluding steroid dienone is 1. The number of ether oxygens (including phenoxy) is 1. The maximum atomic E-state index is 11.6. The lowest BCUT2D eigenvalue weighted by Crippen LogP contribution is -2.04. The molecule has 0 radical (unpaired) electrons. The number of rotatable bonds is 21. The summed E-state index contributed by atoms with van der Waals surface area (Å²) >= 11 is 0. The zero-order chi connectivity index (χ0) is 19.8. The van der Waals surface area contributed by atoms with E-state index in [1.54, 1.807) is 0 Å². The van der Waals surface area contributed by atoms with Gasteiger partial charge in [0, 0.05) is 0 Å². The predicted molar refractivity (Wildman–Crippen MR) is 119 cm³/mol. The molecule has 0 unspecified atom stereocenters. The molecule has 0 aromatic carbocycles. The zero-order valence-corrected chi connectivity index (χ0v) is 18.6. The summed E-state index contributed by atoms with van der Waals surface area (Å²) in [5.41, 5.74) is 0. The molecule has 0 aliphatic heterocycles. The van der Waals surface area contributed by atoms with E-state index in [-0.39, 0.29) is 5.97 Å². The van der Waals surface area contributed by atoms with Crippen molar-refractivity contribution in [2.24, 2.45) is 0 Å². The highest BCUT2D eigenvalue weighted by molar-refractivity contribution is 5.71. The smallest absolute Gasteiger partial charge is 0.309 e. The highest BCUT2D eigenvalue weighted by Crippen LogP contribution is 2.13. The van der Waals surface area contributed by atoms with Gasteiger partial charge in [0.2, 0.25) is 0 Å². The van der Waals surface area contributed by atoms with Crippen LogP contribution in [0, 0.1) is 0 Å². The summed E-state index contributed by atoms with van der Waals surface area (Å²) in [6.45, 7) is 5.06. The van der Waals surface area contributed by atoms with Crippen molar-refractivity contribution in [1.82, 2.24) is 0 Å². The van der Waals surface area contributed by atoms with Gasteiger partial charge in [-0.2, -0.15) is 0 Å². The molecule has 0 atom stereocenters. The van der Waals surface area contributed by atoms with Gasteiger partial charge in [-0.05, 0) is 12.8 Å². The first-order valence-corrected chi connectivity index (χ1v) is 12.1. The Bertz CT molecular complexity index is 322. The molecule has 2 heteroatoms. The Morgan fingerprint density at radius 1 is 0.593 bits per heavy atom. The van der Waals surface area contributed by atoms with Crippen LogP contribution in [0.5, 0.6) is 0 Å². The van der Waals surface area contributed by atoms with Crippen LogP contribution in [0.1, 0.15) is 136 Å². The van der Waals surface area contributed by atoms with Crippen molar-refractivity contribution in [3.63, 3.8) is 0 Å². The fourth-order valence-corrected chi connectivity index (χ4v) is 3.34. The van der Waals surface area contributed by atoms with Gasteiger partial charge in [-0.3, -0.25) is 4.79 Å². The largest absolute Gasteiger partial charge is 0.465 e. The van der Waals surface area contributed by atoms with Crippen LogP contribution in [0.25, 0.3) is 0 Å². The van der Waals surface area contributed by atoms with Crippen molar-refractivity contribution in [1.29, 1.82) is 0 Å². The topological polar surface area (TPSA) is 26.3 Å². The molecule has 0 spiro atoms. The lowest BCUT2D eigenvalue weighted by Gasteiger charge is -2.04. The molecule has 0 amide bonds. The average Bonchev–Trinajstić information content (AvgIpc) is 2.67. The van der Waals surface area contributed by atoms with Crippen LogP contribution in [0.15, 0.2) is 12.2 Å². The molecule has 0 aromatic rings. The van der Waals surface area contributed by atoms with Gasteiger partial charge in [0.05, 0.1) is 13.0 Å². The minimum Gasteiger partial charge on any atom is -0.465 e. The Kier molecular flexibility index (Phi) is 22.6. The molecular weight excluding hydrogens is 332 g/mol. The first kappa shape index (κ1) is 26.2. The predicted octanol–water partition coefficient (Wildman–Crippen LogP) is 8.54. The second kappa shape index (κ2) is 23.2. The van der Waals surface area contributed by atoms with Gasteiger partial charge in [-0.25, -0.2) is 0 Å². The van der Waals surface area contributed by atoms with Crippen molar-refractivity contribution >= 4 is 5.97 Å². The number of carbonyl (C=O) groups excluding carboxylic acids is 1. The minimum absolute atomic E-state index is 0.0758. The van der Waals surface area contributed by atoms with Gasteiger partial charge in [0.25, 0.3) is 0 Å². The molecule has 0 bridgehead atoms. The summed E-state index contributed by atoms with van der Waals surface area (Å²) in [6.07, 6.45) is 28.4. The van der Waals surface area contributed by atoms with Gasteiger partial charge in [-0.15, -0.1) is 0 Å². The minimum atomic E-state index is -0.0758. The SMILES string of the molecule is CCCC/C=C/CC(=O)OCCCCCCCCCCCCCCCCC. The molecule has 0 N–H and O–H groups in total. The van der Waals surface area contributed by atoms with Crippen molar-refractivity contribution in [3.05, 3.63) is 12.2 Å². The number of hydrogen-bond donors (Lipinski definition) is 0. The van der Waals surface area contributed by atoms with Crippen LogP contribution in [0.4, 0.5) is 0 Å². The Morgan fingerprint density at radius 3 is 1.52 bits per heavy atom. The molecular formula is C25H48O2.